The first-order valence-corrected chi connectivity index (χ1v) is 12.3. The van der Waals surface area contributed by atoms with Crippen molar-refractivity contribution in [3.63, 3.8) is 0 Å². The zero-order valence-electron chi connectivity index (χ0n) is 18.6. The van der Waals surface area contributed by atoms with Crippen LogP contribution in [0.15, 0.2) is 53.4 Å². The number of hydroxylamine groups is 2. The molecule has 0 aliphatic carbocycles. The SMILES string of the molecule is CCO[C@H]1C[C@H]2N(S(=O)(=O)c3ccc(C)cc3)c3ccccc3[C@]23C[C@@H](C(=O)OC)ON3O1. The number of hydrogen-bond acceptors (Lipinski definition) is 8. The van der Waals surface area contributed by atoms with E-state index in [1.165, 1.54) is 16.6 Å². The summed E-state index contributed by atoms with van der Waals surface area (Å²) >= 11 is 0. The third-order valence-electron chi connectivity index (χ3n) is 6.51. The summed E-state index contributed by atoms with van der Waals surface area (Å²) in [5, 5.41) is 1.27. The van der Waals surface area contributed by atoms with E-state index < -0.39 is 40.0 Å². The predicted molar refractivity (Wildman–Crippen MR) is 117 cm³/mol. The van der Waals surface area contributed by atoms with Crippen molar-refractivity contribution in [3.8, 4) is 0 Å². The van der Waals surface area contributed by atoms with Gasteiger partial charge in [0, 0.05) is 25.0 Å². The van der Waals surface area contributed by atoms with Crippen molar-refractivity contribution in [1.82, 2.24) is 5.23 Å². The summed E-state index contributed by atoms with van der Waals surface area (Å²) in [7, 11) is -2.65. The molecule has 0 N–H and O–H groups in total. The Morgan fingerprint density at radius 1 is 1.15 bits per heavy atom. The fourth-order valence-corrected chi connectivity index (χ4v) is 6.77. The highest BCUT2D eigenvalue weighted by molar-refractivity contribution is 7.92. The number of ether oxygens (including phenoxy) is 2. The number of nitrogens with zero attached hydrogens (tertiary/aromatic N) is 2. The van der Waals surface area contributed by atoms with E-state index in [4.69, 9.17) is 19.1 Å². The van der Waals surface area contributed by atoms with Crippen LogP contribution in [0.4, 0.5) is 5.69 Å². The van der Waals surface area contributed by atoms with Gasteiger partial charge in [-0.15, -0.1) is 0 Å². The fraction of sp³-hybridized carbons (Fsp3) is 0.435. The molecule has 9 nitrogen and oxygen atoms in total. The first kappa shape index (κ1) is 22.3. The summed E-state index contributed by atoms with van der Waals surface area (Å²) in [4.78, 5) is 24.4. The van der Waals surface area contributed by atoms with Gasteiger partial charge in [0.05, 0.1) is 23.7 Å². The number of carbonyl (C=O) groups is 1. The smallest absolute Gasteiger partial charge is 0.337 e. The fourth-order valence-electron chi connectivity index (χ4n) is 5.05. The highest BCUT2D eigenvalue weighted by Crippen LogP contribution is 2.58. The number of esters is 1. The van der Waals surface area contributed by atoms with E-state index in [0.29, 0.717) is 17.9 Å². The molecule has 0 aromatic heterocycles. The zero-order valence-corrected chi connectivity index (χ0v) is 19.4. The number of anilines is 1. The number of fused-ring (bicyclic) bond motifs is 1. The van der Waals surface area contributed by atoms with E-state index in [9.17, 15) is 13.2 Å². The summed E-state index contributed by atoms with van der Waals surface area (Å²) in [6, 6.07) is 13.4. The first-order valence-electron chi connectivity index (χ1n) is 10.9. The van der Waals surface area contributed by atoms with E-state index in [2.05, 4.69) is 0 Å². The lowest BCUT2D eigenvalue weighted by molar-refractivity contribution is -0.456. The lowest BCUT2D eigenvalue weighted by atomic mass is 9.80. The minimum absolute atomic E-state index is 0.181. The van der Waals surface area contributed by atoms with Gasteiger partial charge in [-0.05, 0) is 37.3 Å². The third-order valence-corrected chi connectivity index (χ3v) is 8.35. The van der Waals surface area contributed by atoms with Crippen LogP contribution >= 0.6 is 0 Å². The molecule has 3 aliphatic heterocycles. The molecule has 2 fully saturated rings. The van der Waals surface area contributed by atoms with Gasteiger partial charge in [0.1, 0.15) is 5.54 Å². The second-order valence-corrected chi connectivity index (χ2v) is 10.2. The summed E-state index contributed by atoms with van der Waals surface area (Å²) in [6.07, 6.45) is -1.23. The largest absolute Gasteiger partial charge is 0.467 e. The van der Waals surface area contributed by atoms with E-state index in [1.807, 2.05) is 26.0 Å². The molecule has 0 unspecified atom stereocenters. The number of carbonyl (C=O) groups excluding carboxylic acids is 1. The number of rotatable bonds is 5. The van der Waals surface area contributed by atoms with Crippen LogP contribution in [0.1, 0.15) is 30.9 Å². The highest BCUT2D eigenvalue weighted by Gasteiger charge is 2.67. The molecule has 0 radical (unpaired) electrons. The van der Waals surface area contributed by atoms with E-state index in [1.54, 1.807) is 36.4 Å². The van der Waals surface area contributed by atoms with Crippen molar-refractivity contribution >= 4 is 21.7 Å². The summed E-state index contributed by atoms with van der Waals surface area (Å²) < 4.78 is 40.0. The zero-order chi connectivity index (χ0) is 23.4. The Balaban J connectivity index is 1.68. The van der Waals surface area contributed by atoms with Crippen LogP contribution in [-0.2, 0) is 39.5 Å². The Labute approximate surface area is 192 Å². The Morgan fingerprint density at radius 3 is 2.58 bits per heavy atom. The molecule has 0 saturated carbocycles. The van der Waals surface area contributed by atoms with Crippen molar-refractivity contribution in [1.29, 1.82) is 0 Å². The molecule has 3 heterocycles. The summed E-state index contributed by atoms with van der Waals surface area (Å²) in [5.74, 6) is -0.550. The molecule has 1 spiro atoms. The second kappa shape index (κ2) is 8.07. The molecule has 4 atom stereocenters. The predicted octanol–water partition coefficient (Wildman–Crippen LogP) is 2.64. The number of aryl methyl sites for hydroxylation is 1. The number of benzene rings is 2. The molecule has 2 aromatic carbocycles. The molecule has 5 rings (SSSR count). The van der Waals surface area contributed by atoms with Crippen molar-refractivity contribution < 1.29 is 32.4 Å². The Bertz CT molecular complexity index is 1170. The lowest BCUT2D eigenvalue weighted by Crippen LogP contribution is -2.59. The van der Waals surface area contributed by atoms with Gasteiger partial charge in [0.2, 0.25) is 0 Å². The Morgan fingerprint density at radius 2 is 1.88 bits per heavy atom. The minimum Gasteiger partial charge on any atom is -0.467 e. The maximum atomic E-state index is 14.0. The topological polar surface area (TPSA) is 94.6 Å². The molecule has 10 heteroatoms. The summed E-state index contributed by atoms with van der Waals surface area (Å²) in [5.41, 5.74) is 1.18. The quantitative estimate of drug-likeness (QED) is 0.611. The first-order chi connectivity index (χ1) is 15.8. The molecule has 33 heavy (non-hydrogen) atoms. The van der Waals surface area contributed by atoms with E-state index in [-0.39, 0.29) is 17.7 Å². The van der Waals surface area contributed by atoms with Gasteiger partial charge in [-0.1, -0.05) is 35.9 Å². The van der Waals surface area contributed by atoms with Crippen LogP contribution in [0.25, 0.3) is 0 Å². The molecule has 176 valence electrons. The van der Waals surface area contributed by atoms with Gasteiger partial charge in [-0.2, -0.15) is 0 Å². The van der Waals surface area contributed by atoms with Gasteiger partial charge in [-0.3, -0.25) is 9.14 Å². The Hall–Kier alpha value is -2.50. The van der Waals surface area contributed by atoms with Crippen molar-refractivity contribution in [2.75, 3.05) is 18.0 Å². The molecule has 2 saturated heterocycles. The molecular weight excluding hydrogens is 448 g/mol. The van der Waals surface area contributed by atoms with Crippen LogP contribution < -0.4 is 4.31 Å². The second-order valence-electron chi connectivity index (χ2n) is 8.38. The molecular formula is C23H26N2O7S. The van der Waals surface area contributed by atoms with Crippen molar-refractivity contribution in [2.24, 2.45) is 0 Å². The van der Waals surface area contributed by atoms with E-state index >= 15 is 0 Å². The van der Waals surface area contributed by atoms with Crippen LogP contribution in [-0.4, -0.2) is 51.8 Å². The maximum Gasteiger partial charge on any atom is 0.337 e. The maximum absolute atomic E-state index is 14.0. The minimum atomic E-state index is -3.94. The van der Waals surface area contributed by atoms with Crippen molar-refractivity contribution in [3.05, 3.63) is 59.7 Å². The highest BCUT2D eigenvalue weighted by atomic mass is 32.2. The lowest BCUT2D eigenvalue weighted by Gasteiger charge is -2.45. The third kappa shape index (κ3) is 3.28. The molecule has 0 bridgehead atoms. The normalized spacial score (nSPS) is 28.8. The van der Waals surface area contributed by atoms with Gasteiger partial charge in [-0.25, -0.2) is 18.0 Å². The van der Waals surface area contributed by atoms with Crippen LogP contribution in [0.3, 0.4) is 0 Å². The average Bonchev–Trinajstić information content (AvgIpc) is 3.33. The summed E-state index contributed by atoms with van der Waals surface area (Å²) in [6.45, 7) is 4.11. The Kier molecular flexibility index (Phi) is 5.45. The van der Waals surface area contributed by atoms with Crippen LogP contribution in [0.2, 0.25) is 0 Å². The van der Waals surface area contributed by atoms with Gasteiger partial charge >= 0.3 is 5.97 Å². The average molecular weight is 475 g/mol. The van der Waals surface area contributed by atoms with Crippen molar-refractivity contribution in [2.45, 2.75) is 55.6 Å². The van der Waals surface area contributed by atoms with Crippen LogP contribution in [0, 0.1) is 6.92 Å². The number of methoxy groups -OCH3 is 1. The van der Waals surface area contributed by atoms with Crippen LogP contribution in [0.5, 0.6) is 0 Å². The molecule has 3 aliphatic rings. The van der Waals surface area contributed by atoms with Gasteiger partial charge in [0.15, 0.2) is 12.4 Å². The number of sulfonamides is 1. The standard InChI is InChI=1S/C23H26N2O7S/c1-4-30-21-13-20-23(14-19(22(26)29-3)31-25(23)32-21)17-7-5-6-8-18(17)24(20)33(27,28)16-11-9-15(2)10-12-16/h5-12,19-21H,4,13-14H2,1-3H3/t19-,20+,21+,23+/m0/s1. The molecule has 2 aromatic rings. The molecule has 0 amide bonds. The number of hydrogen-bond donors (Lipinski definition) is 0. The van der Waals surface area contributed by atoms with E-state index in [0.717, 1.165) is 5.56 Å². The monoisotopic (exact) mass is 474 g/mol. The van der Waals surface area contributed by atoms with Gasteiger partial charge in [0.25, 0.3) is 10.0 Å². The number of para-hydroxylation sites is 1. The van der Waals surface area contributed by atoms with Gasteiger partial charge < -0.3 is 9.47 Å².